The average molecular weight is 340 g/mol. The van der Waals surface area contributed by atoms with Crippen LogP contribution < -0.4 is 4.90 Å². The molecule has 1 aliphatic heterocycles. The number of carbonyl (C=O) groups is 1. The van der Waals surface area contributed by atoms with Crippen LogP contribution in [0.3, 0.4) is 0 Å². The molecule has 1 aromatic carbocycles. The molecule has 0 aromatic heterocycles. The van der Waals surface area contributed by atoms with E-state index in [1.807, 2.05) is 12.1 Å². The third-order valence-corrected chi connectivity index (χ3v) is 5.79. The summed E-state index contributed by atoms with van der Waals surface area (Å²) in [6.07, 6.45) is 5.34. The first-order valence-corrected chi connectivity index (χ1v) is 8.88. The zero-order valence-corrected chi connectivity index (χ0v) is 14.4. The fraction of sp³-hybridized carbons (Fsp3) is 0.471. The molecule has 1 aromatic rings. The maximum absolute atomic E-state index is 11.7. The Bertz CT molecular complexity index is 558. The monoisotopic (exact) mass is 339 g/mol. The van der Waals surface area contributed by atoms with Crippen LogP contribution in [0.2, 0.25) is 5.02 Å². The van der Waals surface area contributed by atoms with E-state index < -0.39 is 10.7 Å². The van der Waals surface area contributed by atoms with Crippen LogP contribution in [-0.4, -0.2) is 29.9 Å². The van der Waals surface area contributed by atoms with Crippen molar-refractivity contribution in [3.8, 4) is 0 Å². The lowest BCUT2D eigenvalue weighted by molar-refractivity contribution is -0.139. The van der Waals surface area contributed by atoms with Gasteiger partial charge in [-0.2, -0.15) is 0 Å². The smallest absolute Gasteiger partial charge is 0.324 e. The van der Waals surface area contributed by atoms with E-state index in [1.165, 1.54) is 31.0 Å². The van der Waals surface area contributed by atoms with Crippen molar-refractivity contribution in [2.24, 2.45) is 0 Å². The highest BCUT2D eigenvalue weighted by Crippen LogP contribution is 2.40. The molecule has 1 heterocycles. The number of carboxylic acids is 1. The van der Waals surface area contributed by atoms with Gasteiger partial charge in [-0.3, -0.25) is 4.79 Å². The topological polar surface area (TPSA) is 40.5 Å². The molecule has 0 bridgehead atoms. The van der Waals surface area contributed by atoms with Crippen molar-refractivity contribution < 1.29 is 9.90 Å². The first-order valence-electron chi connectivity index (χ1n) is 7.52. The Labute approximate surface area is 141 Å². The van der Waals surface area contributed by atoms with E-state index >= 15 is 0 Å². The summed E-state index contributed by atoms with van der Waals surface area (Å²) in [4.78, 5) is 14.0. The van der Waals surface area contributed by atoms with Gasteiger partial charge >= 0.3 is 5.97 Å². The van der Waals surface area contributed by atoms with E-state index in [9.17, 15) is 9.90 Å². The predicted octanol–water partition coefficient (Wildman–Crippen LogP) is 4.55. The number of aliphatic carboxylic acids is 1. The first kappa shape index (κ1) is 17.2. The van der Waals surface area contributed by atoms with Gasteiger partial charge in [-0.05, 0) is 43.9 Å². The van der Waals surface area contributed by atoms with Crippen molar-refractivity contribution in [3.05, 3.63) is 41.4 Å². The Kier molecular flexibility index (Phi) is 5.81. The Morgan fingerprint density at radius 3 is 2.68 bits per heavy atom. The second kappa shape index (κ2) is 7.42. The number of benzene rings is 1. The fourth-order valence-electron chi connectivity index (χ4n) is 2.69. The molecule has 0 spiro atoms. The van der Waals surface area contributed by atoms with Crippen LogP contribution in [0.1, 0.15) is 31.7 Å². The van der Waals surface area contributed by atoms with Crippen molar-refractivity contribution in [3.63, 3.8) is 0 Å². The molecular weight excluding hydrogens is 318 g/mol. The molecule has 5 heteroatoms. The molecule has 1 fully saturated rings. The highest BCUT2D eigenvalue weighted by Gasteiger charge is 2.36. The summed E-state index contributed by atoms with van der Waals surface area (Å²) in [5.41, 5.74) is 1.73. The zero-order chi connectivity index (χ0) is 16.2. The predicted molar refractivity (Wildman–Crippen MR) is 95.2 cm³/mol. The van der Waals surface area contributed by atoms with Crippen molar-refractivity contribution in [1.29, 1.82) is 0 Å². The fourth-order valence-corrected chi connectivity index (χ4v) is 3.86. The molecule has 2 rings (SSSR count). The molecule has 22 heavy (non-hydrogen) atoms. The number of hydrogen-bond donors (Lipinski definition) is 1. The summed E-state index contributed by atoms with van der Waals surface area (Å²) in [6, 6.07) is 5.65. The molecule has 1 N–H and O–H groups in total. The van der Waals surface area contributed by atoms with Gasteiger partial charge in [-0.15, -0.1) is 18.3 Å². The van der Waals surface area contributed by atoms with Gasteiger partial charge in [-0.25, -0.2) is 0 Å². The number of halogens is 1. The lowest BCUT2D eigenvalue weighted by Gasteiger charge is -2.31. The van der Waals surface area contributed by atoms with Gasteiger partial charge < -0.3 is 10.0 Å². The number of rotatable bonds is 6. The van der Waals surface area contributed by atoms with Gasteiger partial charge in [0.05, 0.1) is 10.7 Å². The lowest BCUT2D eigenvalue weighted by atomic mass is 9.99. The number of hydrogen-bond acceptors (Lipinski definition) is 3. The SMILES string of the molecule is C=CCSC(C)(C(=O)O)c1ccc(N2CCCCC2)c(Cl)c1. The molecule has 120 valence electrons. The Hall–Kier alpha value is -1.13. The van der Waals surface area contributed by atoms with Crippen LogP contribution in [0, 0.1) is 0 Å². The summed E-state index contributed by atoms with van der Waals surface area (Å²) in [7, 11) is 0. The van der Waals surface area contributed by atoms with Gasteiger partial charge in [0.25, 0.3) is 0 Å². The van der Waals surface area contributed by atoms with Crippen LogP contribution in [0.5, 0.6) is 0 Å². The van der Waals surface area contributed by atoms with E-state index in [4.69, 9.17) is 11.6 Å². The number of nitrogens with zero attached hydrogens (tertiary/aromatic N) is 1. The molecule has 3 nitrogen and oxygen atoms in total. The van der Waals surface area contributed by atoms with Gasteiger partial charge in [0.2, 0.25) is 0 Å². The highest BCUT2D eigenvalue weighted by atomic mass is 35.5. The number of piperidine rings is 1. The first-order chi connectivity index (χ1) is 10.5. The third kappa shape index (κ3) is 3.61. The normalized spacial score (nSPS) is 17.8. The summed E-state index contributed by atoms with van der Waals surface area (Å²) in [5, 5.41) is 10.2. The van der Waals surface area contributed by atoms with Crippen LogP contribution in [0.25, 0.3) is 0 Å². The maximum Gasteiger partial charge on any atom is 0.324 e. The van der Waals surface area contributed by atoms with Gasteiger partial charge in [0.15, 0.2) is 0 Å². The van der Waals surface area contributed by atoms with Crippen molar-refractivity contribution in [1.82, 2.24) is 0 Å². The highest BCUT2D eigenvalue weighted by molar-refractivity contribution is 8.01. The lowest BCUT2D eigenvalue weighted by Crippen LogP contribution is -2.31. The molecule has 1 aliphatic rings. The second-order valence-corrected chi connectivity index (χ2v) is 7.50. The number of thioether (sulfide) groups is 1. The molecule has 0 saturated carbocycles. The zero-order valence-electron chi connectivity index (χ0n) is 12.8. The van der Waals surface area contributed by atoms with E-state index in [0.717, 1.165) is 24.3 Å². The number of carboxylic acid groups (broad SMARTS) is 1. The average Bonchev–Trinajstić information content (AvgIpc) is 2.53. The molecular formula is C17H22ClNO2S. The quantitative estimate of drug-likeness (QED) is 0.772. The van der Waals surface area contributed by atoms with Crippen molar-refractivity contribution in [2.45, 2.75) is 30.9 Å². The van der Waals surface area contributed by atoms with E-state index in [1.54, 1.807) is 19.1 Å². The van der Waals surface area contributed by atoms with E-state index in [2.05, 4.69) is 11.5 Å². The summed E-state index contributed by atoms with van der Waals surface area (Å²) in [6.45, 7) is 7.41. The molecule has 1 atom stereocenters. The summed E-state index contributed by atoms with van der Waals surface area (Å²) in [5.74, 6) is -0.282. The van der Waals surface area contributed by atoms with Crippen LogP contribution in [0.15, 0.2) is 30.9 Å². The Morgan fingerprint density at radius 2 is 2.14 bits per heavy atom. The van der Waals surface area contributed by atoms with E-state index in [0.29, 0.717) is 10.8 Å². The maximum atomic E-state index is 11.7. The van der Waals surface area contributed by atoms with Crippen LogP contribution in [0.4, 0.5) is 5.69 Å². The minimum Gasteiger partial charge on any atom is -0.480 e. The van der Waals surface area contributed by atoms with Gasteiger partial charge in [-0.1, -0.05) is 23.7 Å². The third-order valence-electron chi connectivity index (χ3n) is 4.09. The van der Waals surface area contributed by atoms with Gasteiger partial charge in [0.1, 0.15) is 4.75 Å². The second-order valence-electron chi connectivity index (χ2n) is 5.65. The Balaban J connectivity index is 2.29. The Morgan fingerprint density at radius 1 is 1.45 bits per heavy atom. The summed E-state index contributed by atoms with van der Waals surface area (Å²) < 4.78 is -1.02. The minimum absolute atomic E-state index is 0.578. The number of anilines is 1. The molecule has 0 amide bonds. The van der Waals surface area contributed by atoms with Gasteiger partial charge in [0, 0.05) is 18.8 Å². The van der Waals surface area contributed by atoms with Crippen molar-refractivity contribution >= 4 is 35.0 Å². The molecule has 1 unspecified atom stereocenters. The molecule has 1 saturated heterocycles. The molecule has 0 aliphatic carbocycles. The standard InChI is InChI=1S/C17H22ClNO2S/c1-3-11-22-17(2,16(20)21)13-7-8-15(14(18)12-13)19-9-5-4-6-10-19/h3,7-8,12H,1,4-6,9-11H2,2H3,(H,20,21). The van der Waals surface area contributed by atoms with Crippen LogP contribution in [-0.2, 0) is 9.54 Å². The van der Waals surface area contributed by atoms with Crippen LogP contribution >= 0.6 is 23.4 Å². The molecule has 0 radical (unpaired) electrons. The summed E-state index contributed by atoms with van der Waals surface area (Å²) >= 11 is 7.79. The largest absolute Gasteiger partial charge is 0.480 e. The van der Waals surface area contributed by atoms with Crippen molar-refractivity contribution in [2.75, 3.05) is 23.7 Å². The van der Waals surface area contributed by atoms with E-state index in [-0.39, 0.29) is 0 Å². The minimum atomic E-state index is -1.02.